The van der Waals surface area contributed by atoms with Crippen LogP contribution in [0.1, 0.15) is 41.5 Å². The lowest BCUT2D eigenvalue weighted by molar-refractivity contribution is 0.150. The fraction of sp³-hybridized carbons (Fsp3) is 0.152. The van der Waals surface area contributed by atoms with Crippen LogP contribution in [0.4, 0.5) is 0 Å². The fourth-order valence-corrected chi connectivity index (χ4v) is 5.34. The lowest BCUT2D eigenvalue weighted by Crippen LogP contribution is -2.22. The summed E-state index contributed by atoms with van der Waals surface area (Å²) < 4.78 is 0. The van der Waals surface area contributed by atoms with E-state index in [-0.39, 0.29) is 0 Å². The SMILES string of the molecule is OC1(C#CCCCC#CC2(O)c3ccccc3-c3ccccc32)c2ccccc2-c2ccccc21. The Morgan fingerprint density at radius 3 is 1.06 bits per heavy atom. The first-order valence-corrected chi connectivity index (χ1v) is 12.0. The average molecular weight is 453 g/mol. The number of hydrogen-bond acceptors (Lipinski definition) is 2. The van der Waals surface area contributed by atoms with E-state index in [1.807, 2.05) is 97.1 Å². The van der Waals surface area contributed by atoms with Crippen molar-refractivity contribution in [2.75, 3.05) is 0 Å². The monoisotopic (exact) mass is 452 g/mol. The zero-order chi connectivity index (χ0) is 23.9. The molecule has 2 heteroatoms. The molecule has 4 aromatic rings. The second kappa shape index (κ2) is 8.30. The number of unbranched alkanes of at least 4 members (excludes halogenated alkanes) is 2. The summed E-state index contributed by atoms with van der Waals surface area (Å²) in [6, 6.07) is 31.7. The van der Waals surface area contributed by atoms with E-state index in [1.54, 1.807) is 0 Å². The maximum atomic E-state index is 11.5. The van der Waals surface area contributed by atoms with Gasteiger partial charge in [-0.2, -0.15) is 0 Å². The first kappa shape index (κ1) is 21.5. The molecule has 0 heterocycles. The molecule has 0 radical (unpaired) electrons. The molecule has 0 aromatic heterocycles. The fourth-order valence-electron chi connectivity index (χ4n) is 5.34. The highest BCUT2D eigenvalue weighted by Crippen LogP contribution is 2.48. The molecule has 0 saturated heterocycles. The van der Waals surface area contributed by atoms with Gasteiger partial charge in [0, 0.05) is 35.1 Å². The third-order valence-electron chi connectivity index (χ3n) is 6.99. The Kier molecular flexibility index (Phi) is 5.09. The van der Waals surface area contributed by atoms with Gasteiger partial charge in [0.05, 0.1) is 0 Å². The lowest BCUT2D eigenvalue weighted by atomic mass is 9.91. The molecule has 0 amide bonds. The van der Waals surface area contributed by atoms with Crippen LogP contribution in [0.15, 0.2) is 97.1 Å². The van der Waals surface area contributed by atoms with Crippen molar-refractivity contribution >= 4 is 0 Å². The molecular weight excluding hydrogens is 428 g/mol. The van der Waals surface area contributed by atoms with Gasteiger partial charge in [0.1, 0.15) is 0 Å². The number of aliphatic hydroxyl groups is 2. The van der Waals surface area contributed by atoms with Gasteiger partial charge in [0.2, 0.25) is 0 Å². The zero-order valence-corrected chi connectivity index (χ0v) is 19.3. The van der Waals surface area contributed by atoms with E-state index in [0.717, 1.165) is 50.9 Å². The Balaban J connectivity index is 1.19. The zero-order valence-electron chi connectivity index (χ0n) is 19.3. The molecule has 0 aliphatic heterocycles. The average Bonchev–Trinajstić information content (AvgIpc) is 3.31. The van der Waals surface area contributed by atoms with Gasteiger partial charge >= 0.3 is 0 Å². The molecule has 0 bridgehead atoms. The van der Waals surface area contributed by atoms with Crippen LogP contribution < -0.4 is 0 Å². The Morgan fingerprint density at radius 2 is 0.743 bits per heavy atom. The van der Waals surface area contributed by atoms with E-state index in [4.69, 9.17) is 0 Å². The number of hydrogen-bond donors (Lipinski definition) is 2. The van der Waals surface area contributed by atoms with Crippen molar-refractivity contribution in [2.45, 2.75) is 30.5 Å². The highest BCUT2D eigenvalue weighted by atomic mass is 16.3. The molecule has 0 spiro atoms. The summed E-state index contributed by atoms with van der Waals surface area (Å²) in [6.07, 6.45) is 2.00. The number of benzene rings is 4. The van der Waals surface area contributed by atoms with Crippen molar-refractivity contribution in [3.05, 3.63) is 119 Å². The Labute approximate surface area is 205 Å². The summed E-state index contributed by atoms with van der Waals surface area (Å²) in [6.45, 7) is 0. The molecule has 2 aliphatic carbocycles. The van der Waals surface area contributed by atoms with Crippen LogP contribution in [0.3, 0.4) is 0 Å². The summed E-state index contributed by atoms with van der Waals surface area (Å²) >= 11 is 0. The topological polar surface area (TPSA) is 40.5 Å². The minimum atomic E-state index is -1.29. The highest BCUT2D eigenvalue weighted by Gasteiger charge is 2.40. The molecule has 2 N–H and O–H groups in total. The van der Waals surface area contributed by atoms with Gasteiger partial charge in [0.25, 0.3) is 0 Å². The van der Waals surface area contributed by atoms with Crippen LogP contribution in [0.2, 0.25) is 0 Å². The lowest BCUT2D eigenvalue weighted by Gasteiger charge is -2.19. The first-order valence-electron chi connectivity index (χ1n) is 12.0. The molecule has 4 aromatic carbocycles. The van der Waals surface area contributed by atoms with E-state index in [2.05, 4.69) is 23.7 Å². The Bertz CT molecular complexity index is 1360. The van der Waals surface area contributed by atoms with Gasteiger partial charge in [-0.15, -0.1) is 0 Å². The molecule has 6 rings (SSSR count). The maximum absolute atomic E-state index is 11.5. The molecule has 0 fully saturated rings. The van der Waals surface area contributed by atoms with Gasteiger partial charge in [-0.05, 0) is 28.7 Å². The maximum Gasteiger partial charge on any atom is 0.178 e. The summed E-state index contributed by atoms with van der Waals surface area (Å²) in [5.41, 5.74) is 4.95. The van der Waals surface area contributed by atoms with Gasteiger partial charge in [-0.3, -0.25) is 0 Å². The van der Waals surface area contributed by atoms with E-state index in [1.165, 1.54) is 0 Å². The van der Waals surface area contributed by atoms with E-state index < -0.39 is 11.2 Å². The molecule has 0 atom stereocenters. The predicted octanol–water partition coefficient (Wildman–Crippen LogP) is 6.00. The van der Waals surface area contributed by atoms with Crippen molar-refractivity contribution in [3.63, 3.8) is 0 Å². The van der Waals surface area contributed by atoms with Crippen LogP contribution in [0.25, 0.3) is 22.3 Å². The Hall–Kier alpha value is -4.08. The van der Waals surface area contributed by atoms with Crippen molar-refractivity contribution < 1.29 is 10.2 Å². The quantitative estimate of drug-likeness (QED) is 0.289. The molecule has 0 saturated carbocycles. The van der Waals surface area contributed by atoms with Crippen molar-refractivity contribution in [1.29, 1.82) is 0 Å². The van der Waals surface area contributed by atoms with Crippen LogP contribution in [-0.2, 0) is 11.2 Å². The normalized spacial score (nSPS) is 14.9. The van der Waals surface area contributed by atoms with Crippen LogP contribution in [0.5, 0.6) is 0 Å². The Morgan fingerprint density at radius 1 is 0.457 bits per heavy atom. The third kappa shape index (κ3) is 3.31. The summed E-state index contributed by atoms with van der Waals surface area (Å²) in [5, 5.41) is 23.1. The van der Waals surface area contributed by atoms with Crippen molar-refractivity contribution in [3.8, 4) is 45.9 Å². The van der Waals surface area contributed by atoms with Crippen molar-refractivity contribution in [2.24, 2.45) is 0 Å². The van der Waals surface area contributed by atoms with Gasteiger partial charge in [-0.1, -0.05) is 121 Å². The van der Waals surface area contributed by atoms with E-state index in [9.17, 15) is 10.2 Å². The predicted molar refractivity (Wildman–Crippen MR) is 139 cm³/mol. The summed E-state index contributed by atoms with van der Waals surface area (Å²) in [4.78, 5) is 0. The van der Waals surface area contributed by atoms with Crippen LogP contribution >= 0.6 is 0 Å². The molecule has 168 valence electrons. The molecule has 2 aliphatic rings. The minimum Gasteiger partial charge on any atom is -0.369 e. The largest absolute Gasteiger partial charge is 0.369 e. The highest BCUT2D eigenvalue weighted by molar-refractivity contribution is 5.82. The molecule has 2 nitrogen and oxygen atoms in total. The van der Waals surface area contributed by atoms with E-state index in [0.29, 0.717) is 12.8 Å². The van der Waals surface area contributed by atoms with Crippen LogP contribution in [0, 0.1) is 23.7 Å². The third-order valence-corrected chi connectivity index (χ3v) is 6.99. The number of fused-ring (bicyclic) bond motifs is 6. The molecule has 35 heavy (non-hydrogen) atoms. The molecular formula is C33H24O2. The van der Waals surface area contributed by atoms with Gasteiger partial charge in [0.15, 0.2) is 11.2 Å². The minimum absolute atomic E-state index is 0.618. The van der Waals surface area contributed by atoms with Crippen molar-refractivity contribution in [1.82, 2.24) is 0 Å². The van der Waals surface area contributed by atoms with E-state index >= 15 is 0 Å². The first-order chi connectivity index (χ1) is 17.1. The summed E-state index contributed by atoms with van der Waals surface area (Å²) in [7, 11) is 0. The number of rotatable bonds is 2. The van der Waals surface area contributed by atoms with Gasteiger partial charge < -0.3 is 10.2 Å². The van der Waals surface area contributed by atoms with Gasteiger partial charge in [-0.25, -0.2) is 0 Å². The van der Waals surface area contributed by atoms with Crippen LogP contribution in [-0.4, -0.2) is 10.2 Å². The standard InChI is InChI=1S/C33H24O2/c34-32(28-18-8-4-14-24(28)25-15-5-9-19-29(25)32)22-12-2-1-3-13-23-33(35)30-20-10-6-16-26(30)27-17-7-11-21-31(27)33/h4-11,14-21,34-35H,1-3H2. The summed E-state index contributed by atoms with van der Waals surface area (Å²) in [5.74, 6) is 12.7. The molecule has 0 unspecified atom stereocenters. The second-order valence-electron chi connectivity index (χ2n) is 9.06. The second-order valence-corrected chi connectivity index (χ2v) is 9.06. The smallest absolute Gasteiger partial charge is 0.178 e.